The molecular weight excluding hydrogens is 419 g/mol. The predicted molar refractivity (Wildman–Crippen MR) is 116 cm³/mol. The maximum Gasteiger partial charge on any atom is 0.416 e. The maximum absolute atomic E-state index is 12.9. The molecule has 0 N–H and O–H groups in total. The van der Waals surface area contributed by atoms with Gasteiger partial charge in [0.2, 0.25) is 5.91 Å². The van der Waals surface area contributed by atoms with E-state index in [1.165, 1.54) is 12.1 Å². The van der Waals surface area contributed by atoms with Crippen LogP contribution in [0.3, 0.4) is 0 Å². The fourth-order valence-electron chi connectivity index (χ4n) is 4.13. The van der Waals surface area contributed by atoms with Crippen LogP contribution >= 0.6 is 0 Å². The van der Waals surface area contributed by atoms with Gasteiger partial charge in [-0.05, 0) is 29.8 Å². The van der Waals surface area contributed by atoms with Gasteiger partial charge in [-0.2, -0.15) is 13.2 Å². The molecule has 2 aromatic carbocycles. The Balaban J connectivity index is 1.33. The summed E-state index contributed by atoms with van der Waals surface area (Å²) in [6, 6.07) is 13.6. The van der Waals surface area contributed by atoms with Crippen molar-refractivity contribution in [1.29, 1.82) is 0 Å². The zero-order chi connectivity index (χ0) is 22.7. The molecule has 0 aliphatic carbocycles. The number of carbonyl (C=O) groups excluding carboxylic acids is 2. The molecule has 32 heavy (non-hydrogen) atoms. The van der Waals surface area contributed by atoms with Gasteiger partial charge in [0, 0.05) is 32.7 Å². The van der Waals surface area contributed by atoms with Crippen molar-refractivity contribution in [2.45, 2.75) is 18.6 Å². The first kappa shape index (κ1) is 22.2. The van der Waals surface area contributed by atoms with E-state index in [-0.39, 0.29) is 23.9 Å². The Morgan fingerprint density at radius 2 is 1.56 bits per heavy atom. The zero-order valence-corrected chi connectivity index (χ0v) is 17.5. The van der Waals surface area contributed by atoms with Crippen molar-refractivity contribution >= 4 is 23.6 Å². The third kappa shape index (κ3) is 4.92. The average Bonchev–Trinajstić information content (AvgIpc) is 3.08. The minimum Gasteiger partial charge on any atom is -0.297 e. The molecule has 0 aromatic heterocycles. The Labute approximate surface area is 184 Å². The van der Waals surface area contributed by atoms with E-state index in [9.17, 15) is 22.8 Å². The molecule has 2 saturated heterocycles. The van der Waals surface area contributed by atoms with E-state index in [1.54, 1.807) is 0 Å². The van der Waals surface area contributed by atoms with Crippen molar-refractivity contribution in [3.05, 3.63) is 71.8 Å². The van der Waals surface area contributed by atoms with Crippen LogP contribution in [0.1, 0.15) is 17.5 Å². The number of hydrogen-bond acceptors (Lipinski definition) is 4. The maximum atomic E-state index is 12.9. The number of imide groups is 1. The van der Waals surface area contributed by atoms with E-state index in [0.29, 0.717) is 13.1 Å². The van der Waals surface area contributed by atoms with Gasteiger partial charge in [-0.1, -0.05) is 42.5 Å². The molecule has 2 heterocycles. The highest BCUT2D eigenvalue weighted by Crippen LogP contribution is 2.32. The molecule has 2 aliphatic rings. The van der Waals surface area contributed by atoms with Crippen molar-refractivity contribution in [3.8, 4) is 0 Å². The molecule has 0 radical (unpaired) electrons. The molecule has 0 bridgehead atoms. The molecule has 2 fully saturated rings. The summed E-state index contributed by atoms with van der Waals surface area (Å²) in [7, 11) is 0. The first-order valence-electron chi connectivity index (χ1n) is 10.5. The van der Waals surface area contributed by atoms with Crippen LogP contribution in [0.25, 0.3) is 6.08 Å². The molecule has 168 valence electrons. The van der Waals surface area contributed by atoms with Crippen molar-refractivity contribution in [2.24, 2.45) is 0 Å². The lowest BCUT2D eigenvalue weighted by Crippen LogP contribution is -2.52. The van der Waals surface area contributed by atoms with E-state index >= 15 is 0 Å². The number of carbonyl (C=O) groups is 2. The summed E-state index contributed by atoms with van der Waals surface area (Å²) in [6.45, 7) is 3.67. The van der Waals surface area contributed by atoms with Crippen LogP contribution < -0.4 is 4.90 Å². The fraction of sp³-hybridized carbons (Fsp3) is 0.333. The number of alkyl halides is 3. The highest BCUT2D eigenvalue weighted by molar-refractivity contribution is 6.22. The second kappa shape index (κ2) is 9.26. The van der Waals surface area contributed by atoms with Gasteiger partial charge in [-0.3, -0.25) is 19.4 Å². The van der Waals surface area contributed by atoms with E-state index in [1.807, 2.05) is 35.2 Å². The molecule has 1 atom stereocenters. The van der Waals surface area contributed by atoms with E-state index in [4.69, 9.17) is 0 Å². The van der Waals surface area contributed by atoms with Crippen molar-refractivity contribution in [2.75, 3.05) is 37.6 Å². The van der Waals surface area contributed by atoms with E-state index in [2.05, 4.69) is 17.1 Å². The summed E-state index contributed by atoms with van der Waals surface area (Å²) >= 11 is 0. The standard InChI is InChI=1S/C24H24F3N3O2/c25-24(26,27)19-8-10-20(11-9-19)30-22(31)17-21(23(30)32)29-15-13-28(14-16-29)12-4-7-18-5-2-1-3-6-18/h1-11,21H,12-17H2/b7-4+. The van der Waals surface area contributed by atoms with Crippen molar-refractivity contribution in [3.63, 3.8) is 0 Å². The Morgan fingerprint density at radius 3 is 2.19 bits per heavy atom. The third-order valence-electron chi connectivity index (χ3n) is 5.90. The monoisotopic (exact) mass is 443 g/mol. The van der Waals surface area contributed by atoms with Gasteiger partial charge in [0.15, 0.2) is 0 Å². The molecular formula is C24H24F3N3O2. The number of nitrogens with zero attached hydrogens (tertiary/aromatic N) is 3. The smallest absolute Gasteiger partial charge is 0.297 e. The predicted octanol–water partition coefficient (Wildman–Crippen LogP) is 3.67. The van der Waals surface area contributed by atoms with Crippen LogP contribution in [-0.2, 0) is 15.8 Å². The number of hydrogen-bond donors (Lipinski definition) is 0. The number of anilines is 1. The number of amides is 2. The molecule has 8 heteroatoms. The minimum atomic E-state index is -4.46. The lowest BCUT2D eigenvalue weighted by atomic mass is 10.1. The van der Waals surface area contributed by atoms with Crippen molar-refractivity contribution in [1.82, 2.24) is 9.80 Å². The summed E-state index contributed by atoms with van der Waals surface area (Å²) in [5.74, 6) is -0.750. The largest absolute Gasteiger partial charge is 0.416 e. The van der Waals surface area contributed by atoms with E-state index < -0.39 is 17.8 Å². The first-order valence-corrected chi connectivity index (χ1v) is 10.5. The highest BCUT2D eigenvalue weighted by Gasteiger charge is 2.43. The van der Waals surface area contributed by atoms with Crippen molar-refractivity contribution < 1.29 is 22.8 Å². The molecule has 5 nitrogen and oxygen atoms in total. The molecule has 2 aromatic rings. The Hall–Kier alpha value is -2.97. The topological polar surface area (TPSA) is 43.9 Å². The molecule has 2 amide bonds. The van der Waals surface area contributed by atoms with Crippen LogP contribution in [0, 0.1) is 0 Å². The Morgan fingerprint density at radius 1 is 0.906 bits per heavy atom. The number of benzene rings is 2. The quantitative estimate of drug-likeness (QED) is 0.662. The Bertz CT molecular complexity index is 982. The molecule has 0 saturated carbocycles. The lowest BCUT2D eigenvalue weighted by molar-refractivity contribution is -0.137. The lowest BCUT2D eigenvalue weighted by Gasteiger charge is -2.36. The number of halogens is 3. The van der Waals surface area contributed by atoms with Crippen LogP contribution in [0.15, 0.2) is 60.7 Å². The molecule has 4 rings (SSSR count). The van der Waals surface area contributed by atoms with Crippen LogP contribution in [0.2, 0.25) is 0 Å². The van der Waals surface area contributed by atoms with Gasteiger partial charge in [0.25, 0.3) is 5.91 Å². The third-order valence-corrected chi connectivity index (χ3v) is 5.90. The van der Waals surface area contributed by atoms with Gasteiger partial charge in [0.1, 0.15) is 0 Å². The Kier molecular flexibility index (Phi) is 6.43. The van der Waals surface area contributed by atoms with Gasteiger partial charge in [0.05, 0.1) is 23.7 Å². The van der Waals surface area contributed by atoms with Gasteiger partial charge >= 0.3 is 6.18 Å². The summed E-state index contributed by atoms with van der Waals surface area (Å²) < 4.78 is 38.4. The zero-order valence-electron chi connectivity index (χ0n) is 17.5. The average molecular weight is 443 g/mol. The SMILES string of the molecule is O=C1CC(N2CCN(C/C=C/c3ccccc3)CC2)C(=O)N1c1ccc(C(F)(F)F)cc1. The van der Waals surface area contributed by atoms with Crippen LogP contribution in [0.4, 0.5) is 18.9 Å². The molecule has 0 spiro atoms. The summed E-state index contributed by atoms with van der Waals surface area (Å²) in [5.41, 5.74) is 0.513. The summed E-state index contributed by atoms with van der Waals surface area (Å²) in [5, 5.41) is 0. The van der Waals surface area contributed by atoms with E-state index in [0.717, 1.165) is 42.2 Å². The normalized spacial score (nSPS) is 21.1. The number of rotatable bonds is 5. The minimum absolute atomic E-state index is 0.0494. The van der Waals surface area contributed by atoms with Gasteiger partial charge in [-0.25, -0.2) is 4.90 Å². The van der Waals surface area contributed by atoms with Gasteiger partial charge in [-0.15, -0.1) is 0 Å². The molecule has 2 aliphatic heterocycles. The fourth-order valence-corrected chi connectivity index (χ4v) is 4.13. The highest BCUT2D eigenvalue weighted by atomic mass is 19.4. The second-order valence-corrected chi connectivity index (χ2v) is 7.98. The first-order chi connectivity index (χ1) is 15.3. The van der Waals surface area contributed by atoms with Gasteiger partial charge < -0.3 is 0 Å². The summed E-state index contributed by atoms with van der Waals surface area (Å²) in [6.07, 6.45) is -0.223. The molecule has 1 unspecified atom stereocenters. The van der Waals surface area contributed by atoms with Crippen LogP contribution in [0.5, 0.6) is 0 Å². The number of piperazine rings is 1. The second-order valence-electron chi connectivity index (χ2n) is 7.98. The summed E-state index contributed by atoms with van der Waals surface area (Å²) in [4.78, 5) is 30.7. The van der Waals surface area contributed by atoms with Crippen LogP contribution in [-0.4, -0.2) is 60.4 Å².